The lowest BCUT2D eigenvalue weighted by molar-refractivity contribution is -0.118. The molecule has 0 bridgehead atoms. The van der Waals surface area contributed by atoms with Gasteiger partial charge in [-0.25, -0.2) is 9.97 Å². The van der Waals surface area contributed by atoms with Crippen molar-refractivity contribution in [2.45, 2.75) is 19.0 Å². The van der Waals surface area contributed by atoms with Gasteiger partial charge < -0.3 is 19.9 Å². The van der Waals surface area contributed by atoms with Crippen molar-refractivity contribution in [3.8, 4) is 5.75 Å². The third kappa shape index (κ3) is 6.40. The van der Waals surface area contributed by atoms with Gasteiger partial charge in [-0.3, -0.25) is 4.79 Å². The van der Waals surface area contributed by atoms with Gasteiger partial charge >= 0.3 is 0 Å². The number of benzene rings is 1. The first-order chi connectivity index (χ1) is 14.4. The lowest BCUT2D eigenvalue weighted by Crippen LogP contribution is -2.46. The van der Waals surface area contributed by atoms with Crippen molar-refractivity contribution in [2.24, 2.45) is 5.92 Å². The first kappa shape index (κ1) is 22.5. The largest absolute Gasteiger partial charge is 0.497 e. The number of rotatable bonds is 8. The van der Waals surface area contributed by atoms with E-state index in [0.29, 0.717) is 22.8 Å². The molecule has 162 valence electrons. The van der Waals surface area contributed by atoms with Gasteiger partial charge in [0, 0.05) is 44.5 Å². The predicted octanol–water partition coefficient (Wildman–Crippen LogP) is 3.33. The number of carbonyl (C=O) groups is 1. The smallest absolute Gasteiger partial charge is 0.230 e. The van der Waals surface area contributed by atoms with Crippen LogP contribution in [0.15, 0.2) is 35.5 Å². The third-order valence-corrected chi connectivity index (χ3v) is 5.78. The van der Waals surface area contributed by atoms with Crippen molar-refractivity contribution in [1.29, 1.82) is 0 Å². The first-order valence-electron chi connectivity index (χ1n) is 10.0. The van der Waals surface area contributed by atoms with E-state index < -0.39 is 0 Å². The summed E-state index contributed by atoms with van der Waals surface area (Å²) < 4.78 is 5.23. The van der Waals surface area contributed by atoms with Crippen LogP contribution in [0.4, 0.5) is 11.5 Å². The molecule has 2 heterocycles. The molecule has 1 N–H and O–H groups in total. The van der Waals surface area contributed by atoms with Crippen molar-refractivity contribution in [3.05, 3.63) is 35.5 Å². The normalized spacial score (nSPS) is 14.2. The quantitative estimate of drug-likeness (QED) is 0.376. The van der Waals surface area contributed by atoms with Gasteiger partial charge in [0.15, 0.2) is 5.16 Å². The van der Waals surface area contributed by atoms with Crippen molar-refractivity contribution >= 4 is 40.8 Å². The fourth-order valence-electron chi connectivity index (χ4n) is 3.10. The second kappa shape index (κ2) is 10.7. The SMILES string of the molecule is COc1ccc(N2CCN(c3cc(Cl)nc(SCC(=O)NCC(C)C)n3)CC2)cc1. The summed E-state index contributed by atoms with van der Waals surface area (Å²) in [6, 6.07) is 9.90. The van der Waals surface area contributed by atoms with E-state index in [-0.39, 0.29) is 11.7 Å². The molecule has 1 saturated heterocycles. The molecule has 7 nitrogen and oxygen atoms in total. The molecule has 0 atom stereocenters. The van der Waals surface area contributed by atoms with Crippen LogP contribution in [-0.4, -0.2) is 61.5 Å². The summed E-state index contributed by atoms with van der Waals surface area (Å²) in [5, 5.41) is 3.81. The number of amides is 1. The van der Waals surface area contributed by atoms with Gasteiger partial charge in [0.25, 0.3) is 0 Å². The van der Waals surface area contributed by atoms with E-state index >= 15 is 0 Å². The molecule has 0 spiro atoms. The maximum atomic E-state index is 12.0. The second-order valence-electron chi connectivity index (χ2n) is 7.49. The fraction of sp³-hybridized carbons (Fsp3) is 0.476. The molecule has 9 heteroatoms. The van der Waals surface area contributed by atoms with Crippen molar-refractivity contribution in [1.82, 2.24) is 15.3 Å². The minimum absolute atomic E-state index is 0.0214. The van der Waals surface area contributed by atoms with E-state index in [2.05, 4.69) is 51.1 Å². The number of ether oxygens (including phenoxy) is 1. The van der Waals surface area contributed by atoms with Gasteiger partial charge in [0.05, 0.1) is 12.9 Å². The third-order valence-electron chi connectivity index (χ3n) is 4.74. The zero-order valence-electron chi connectivity index (χ0n) is 17.6. The molecular formula is C21H28ClN5O2S. The Bertz CT molecular complexity index is 842. The number of hydrogen-bond donors (Lipinski definition) is 1. The maximum Gasteiger partial charge on any atom is 0.230 e. The molecule has 1 amide bonds. The van der Waals surface area contributed by atoms with Gasteiger partial charge in [-0.05, 0) is 30.2 Å². The van der Waals surface area contributed by atoms with Gasteiger partial charge in [-0.2, -0.15) is 0 Å². The number of piperazine rings is 1. The van der Waals surface area contributed by atoms with Crippen LogP contribution in [0.1, 0.15) is 13.8 Å². The van der Waals surface area contributed by atoms with Crippen LogP contribution in [-0.2, 0) is 4.79 Å². The topological polar surface area (TPSA) is 70.6 Å². The molecule has 0 radical (unpaired) electrons. The van der Waals surface area contributed by atoms with E-state index in [0.717, 1.165) is 37.7 Å². The summed E-state index contributed by atoms with van der Waals surface area (Å²) in [7, 11) is 1.67. The van der Waals surface area contributed by atoms with E-state index in [1.54, 1.807) is 13.2 Å². The van der Waals surface area contributed by atoms with Gasteiger partial charge in [0.1, 0.15) is 16.7 Å². The number of halogens is 1. The average Bonchev–Trinajstić information content (AvgIpc) is 2.76. The monoisotopic (exact) mass is 449 g/mol. The number of carbonyl (C=O) groups excluding carboxylic acids is 1. The minimum atomic E-state index is -0.0214. The summed E-state index contributed by atoms with van der Waals surface area (Å²) in [5.74, 6) is 2.33. The molecule has 1 aliphatic rings. The molecular weight excluding hydrogens is 422 g/mol. The standard InChI is InChI=1S/C21H28ClN5O2S/c1-15(2)13-23-20(28)14-30-21-24-18(22)12-19(25-21)27-10-8-26(9-11-27)16-4-6-17(29-3)7-5-16/h4-7,12,15H,8-11,13-14H2,1-3H3,(H,23,28). The number of thioether (sulfide) groups is 1. The lowest BCUT2D eigenvalue weighted by atomic mass is 10.2. The molecule has 0 unspecified atom stereocenters. The van der Waals surface area contributed by atoms with Crippen LogP contribution in [0.25, 0.3) is 0 Å². The number of nitrogens with zero attached hydrogens (tertiary/aromatic N) is 4. The molecule has 1 aliphatic heterocycles. The summed E-state index contributed by atoms with van der Waals surface area (Å²) in [6.45, 7) is 8.22. The molecule has 1 aromatic heterocycles. The molecule has 30 heavy (non-hydrogen) atoms. The van der Waals surface area contributed by atoms with Crippen molar-refractivity contribution < 1.29 is 9.53 Å². The lowest BCUT2D eigenvalue weighted by Gasteiger charge is -2.36. The highest BCUT2D eigenvalue weighted by Gasteiger charge is 2.20. The molecule has 1 aromatic carbocycles. The Morgan fingerprint density at radius 2 is 1.83 bits per heavy atom. The first-order valence-corrected chi connectivity index (χ1v) is 11.4. The molecule has 0 saturated carbocycles. The van der Waals surface area contributed by atoms with Gasteiger partial charge in [-0.1, -0.05) is 37.2 Å². The van der Waals surface area contributed by atoms with Crippen LogP contribution >= 0.6 is 23.4 Å². The van der Waals surface area contributed by atoms with Crippen LogP contribution in [0, 0.1) is 5.92 Å². The highest BCUT2D eigenvalue weighted by Crippen LogP contribution is 2.25. The highest BCUT2D eigenvalue weighted by molar-refractivity contribution is 7.99. The number of anilines is 2. The highest BCUT2D eigenvalue weighted by atomic mass is 35.5. The summed E-state index contributed by atoms with van der Waals surface area (Å²) in [5.41, 5.74) is 1.18. The Hall–Kier alpha value is -2.19. The van der Waals surface area contributed by atoms with Crippen molar-refractivity contribution in [3.63, 3.8) is 0 Å². The summed E-state index contributed by atoms with van der Waals surface area (Å²) in [4.78, 5) is 25.4. The van der Waals surface area contributed by atoms with Gasteiger partial charge in [-0.15, -0.1) is 0 Å². The second-order valence-corrected chi connectivity index (χ2v) is 8.82. The number of aromatic nitrogens is 2. The van der Waals surface area contributed by atoms with Crippen LogP contribution in [0.2, 0.25) is 5.15 Å². The average molecular weight is 450 g/mol. The number of methoxy groups -OCH3 is 1. The molecule has 3 rings (SSSR count). The number of nitrogens with one attached hydrogen (secondary N) is 1. The predicted molar refractivity (Wildman–Crippen MR) is 123 cm³/mol. The summed E-state index contributed by atoms with van der Waals surface area (Å²) >= 11 is 7.53. The zero-order valence-corrected chi connectivity index (χ0v) is 19.2. The van der Waals surface area contributed by atoms with Gasteiger partial charge in [0.2, 0.25) is 5.91 Å². The molecule has 2 aromatic rings. The van der Waals surface area contributed by atoms with E-state index in [1.807, 2.05) is 12.1 Å². The van der Waals surface area contributed by atoms with Crippen molar-refractivity contribution in [2.75, 3.05) is 55.4 Å². The van der Waals surface area contributed by atoms with Crippen LogP contribution < -0.4 is 19.9 Å². The Kier molecular flexibility index (Phi) is 8.04. The minimum Gasteiger partial charge on any atom is -0.497 e. The van der Waals surface area contributed by atoms with Crippen LogP contribution in [0.3, 0.4) is 0 Å². The van der Waals surface area contributed by atoms with E-state index in [9.17, 15) is 4.79 Å². The van der Waals surface area contributed by atoms with Crippen LogP contribution in [0.5, 0.6) is 5.75 Å². The Labute approximate surface area is 187 Å². The zero-order chi connectivity index (χ0) is 21.5. The van der Waals surface area contributed by atoms with E-state index in [1.165, 1.54) is 17.4 Å². The fourth-order valence-corrected chi connectivity index (χ4v) is 4.01. The Morgan fingerprint density at radius 3 is 2.47 bits per heavy atom. The molecule has 0 aliphatic carbocycles. The Morgan fingerprint density at radius 1 is 1.17 bits per heavy atom. The Balaban J connectivity index is 1.56. The number of hydrogen-bond acceptors (Lipinski definition) is 7. The maximum absolute atomic E-state index is 12.0. The summed E-state index contributed by atoms with van der Waals surface area (Å²) in [6.07, 6.45) is 0. The van der Waals surface area contributed by atoms with E-state index in [4.69, 9.17) is 16.3 Å². The molecule has 1 fully saturated rings.